The van der Waals surface area contributed by atoms with Crippen LogP contribution in [0.3, 0.4) is 0 Å². The van der Waals surface area contributed by atoms with Gasteiger partial charge in [0.2, 0.25) is 0 Å². The molecule has 0 saturated carbocycles. The SMILES string of the molecule is CCC(C)CSC(CNC(C)(C)C)C(C)C. The van der Waals surface area contributed by atoms with E-state index in [1.807, 2.05) is 0 Å². The summed E-state index contributed by atoms with van der Waals surface area (Å²) < 4.78 is 0. The first-order chi connectivity index (χ1) is 7.26. The van der Waals surface area contributed by atoms with Crippen molar-refractivity contribution in [2.24, 2.45) is 11.8 Å². The van der Waals surface area contributed by atoms with Crippen molar-refractivity contribution in [2.75, 3.05) is 12.3 Å². The fourth-order valence-electron chi connectivity index (χ4n) is 1.30. The Morgan fingerprint density at radius 3 is 2.06 bits per heavy atom. The summed E-state index contributed by atoms with van der Waals surface area (Å²) in [6.45, 7) is 17.1. The van der Waals surface area contributed by atoms with E-state index in [4.69, 9.17) is 0 Å². The van der Waals surface area contributed by atoms with Gasteiger partial charge in [0.1, 0.15) is 0 Å². The number of thioether (sulfide) groups is 1. The summed E-state index contributed by atoms with van der Waals surface area (Å²) >= 11 is 2.14. The van der Waals surface area contributed by atoms with E-state index in [0.29, 0.717) is 0 Å². The van der Waals surface area contributed by atoms with E-state index in [-0.39, 0.29) is 5.54 Å². The van der Waals surface area contributed by atoms with Gasteiger partial charge in [0.25, 0.3) is 0 Å². The van der Waals surface area contributed by atoms with Crippen LogP contribution < -0.4 is 5.32 Å². The largest absolute Gasteiger partial charge is 0.311 e. The monoisotopic (exact) mass is 245 g/mol. The Morgan fingerprint density at radius 2 is 1.69 bits per heavy atom. The fraction of sp³-hybridized carbons (Fsp3) is 1.00. The molecule has 0 spiro atoms. The van der Waals surface area contributed by atoms with E-state index >= 15 is 0 Å². The maximum Gasteiger partial charge on any atom is 0.0195 e. The highest BCUT2D eigenvalue weighted by Crippen LogP contribution is 2.23. The molecule has 0 amide bonds. The predicted octanol–water partition coefficient (Wildman–Crippen LogP) is 4.18. The zero-order chi connectivity index (χ0) is 12.8. The molecule has 0 radical (unpaired) electrons. The van der Waals surface area contributed by atoms with E-state index in [1.54, 1.807) is 0 Å². The van der Waals surface area contributed by atoms with E-state index in [2.05, 4.69) is 65.5 Å². The molecular formula is C14H31NS. The lowest BCUT2D eigenvalue weighted by Gasteiger charge is -2.27. The van der Waals surface area contributed by atoms with Crippen LogP contribution in [0.1, 0.15) is 54.9 Å². The summed E-state index contributed by atoms with van der Waals surface area (Å²) in [4.78, 5) is 0. The number of rotatable bonds is 7. The van der Waals surface area contributed by atoms with Gasteiger partial charge in [-0.2, -0.15) is 11.8 Å². The Bertz CT molecular complexity index is 172. The van der Waals surface area contributed by atoms with Gasteiger partial charge in [-0.15, -0.1) is 0 Å². The maximum atomic E-state index is 3.62. The third-order valence-electron chi connectivity index (χ3n) is 2.87. The second kappa shape index (κ2) is 7.60. The van der Waals surface area contributed by atoms with Crippen LogP contribution in [-0.4, -0.2) is 23.1 Å². The van der Waals surface area contributed by atoms with Crippen LogP contribution in [0.2, 0.25) is 0 Å². The van der Waals surface area contributed by atoms with E-state index in [1.165, 1.54) is 12.2 Å². The summed E-state index contributed by atoms with van der Waals surface area (Å²) in [5.41, 5.74) is 0.240. The van der Waals surface area contributed by atoms with Crippen molar-refractivity contribution < 1.29 is 0 Å². The lowest BCUT2D eigenvalue weighted by molar-refractivity contribution is 0.407. The van der Waals surface area contributed by atoms with Crippen LogP contribution in [-0.2, 0) is 0 Å². The molecule has 0 heterocycles. The molecule has 16 heavy (non-hydrogen) atoms. The van der Waals surface area contributed by atoms with Gasteiger partial charge in [0, 0.05) is 17.3 Å². The van der Waals surface area contributed by atoms with Crippen molar-refractivity contribution in [2.45, 2.75) is 65.7 Å². The Balaban J connectivity index is 3.99. The standard InChI is InChI=1S/C14H31NS/c1-8-12(4)10-16-13(11(2)3)9-15-14(5,6)7/h11-13,15H,8-10H2,1-7H3. The van der Waals surface area contributed by atoms with Crippen LogP contribution in [0, 0.1) is 11.8 Å². The molecule has 0 aromatic heterocycles. The van der Waals surface area contributed by atoms with Crippen molar-refractivity contribution in [3.63, 3.8) is 0 Å². The third kappa shape index (κ3) is 8.46. The summed E-state index contributed by atoms with van der Waals surface area (Å²) in [6.07, 6.45) is 1.30. The molecule has 0 aromatic carbocycles. The highest BCUT2D eigenvalue weighted by atomic mass is 32.2. The average molecular weight is 245 g/mol. The van der Waals surface area contributed by atoms with Gasteiger partial charge in [-0.3, -0.25) is 0 Å². The van der Waals surface area contributed by atoms with Crippen molar-refractivity contribution in [1.29, 1.82) is 0 Å². The fourth-order valence-corrected chi connectivity index (χ4v) is 2.70. The summed E-state index contributed by atoms with van der Waals surface area (Å²) in [6, 6.07) is 0. The lowest BCUT2D eigenvalue weighted by atomic mass is 10.1. The zero-order valence-corrected chi connectivity index (χ0v) is 13.1. The highest BCUT2D eigenvalue weighted by Gasteiger charge is 2.18. The molecule has 98 valence electrons. The molecule has 0 aliphatic rings. The number of nitrogens with one attached hydrogen (secondary N) is 1. The van der Waals surface area contributed by atoms with E-state index in [0.717, 1.165) is 23.6 Å². The molecule has 2 unspecified atom stereocenters. The molecule has 0 aliphatic heterocycles. The molecule has 0 saturated heterocycles. The van der Waals surface area contributed by atoms with Gasteiger partial charge in [0.15, 0.2) is 0 Å². The van der Waals surface area contributed by atoms with Crippen LogP contribution in [0.15, 0.2) is 0 Å². The van der Waals surface area contributed by atoms with Crippen LogP contribution in [0.4, 0.5) is 0 Å². The quantitative estimate of drug-likeness (QED) is 0.722. The number of hydrogen-bond donors (Lipinski definition) is 1. The second-order valence-electron chi connectivity index (χ2n) is 6.26. The molecular weight excluding hydrogens is 214 g/mol. The highest BCUT2D eigenvalue weighted by molar-refractivity contribution is 7.99. The Morgan fingerprint density at radius 1 is 1.12 bits per heavy atom. The summed E-state index contributed by atoms with van der Waals surface area (Å²) in [7, 11) is 0. The minimum atomic E-state index is 0.240. The van der Waals surface area contributed by atoms with Crippen LogP contribution in [0.25, 0.3) is 0 Å². The first-order valence-electron chi connectivity index (χ1n) is 6.63. The van der Waals surface area contributed by atoms with Gasteiger partial charge in [-0.05, 0) is 38.4 Å². The molecule has 2 heteroatoms. The van der Waals surface area contributed by atoms with Gasteiger partial charge < -0.3 is 5.32 Å². The van der Waals surface area contributed by atoms with Crippen molar-refractivity contribution in [1.82, 2.24) is 5.32 Å². The Kier molecular flexibility index (Phi) is 7.75. The Labute approximate surface area is 107 Å². The summed E-state index contributed by atoms with van der Waals surface area (Å²) in [5, 5.41) is 4.37. The molecule has 1 N–H and O–H groups in total. The zero-order valence-electron chi connectivity index (χ0n) is 12.3. The molecule has 0 rings (SSSR count). The predicted molar refractivity (Wildman–Crippen MR) is 78.3 cm³/mol. The molecule has 2 atom stereocenters. The van der Waals surface area contributed by atoms with E-state index in [9.17, 15) is 0 Å². The van der Waals surface area contributed by atoms with Crippen molar-refractivity contribution in [3.05, 3.63) is 0 Å². The Hall–Kier alpha value is 0.310. The first kappa shape index (κ1) is 16.3. The molecule has 1 nitrogen and oxygen atoms in total. The van der Waals surface area contributed by atoms with Gasteiger partial charge in [-0.1, -0.05) is 34.1 Å². The smallest absolute Gasteiger partial charge is 0.0195 e. The van der Waals surface area contributed by atoms with Gasteiger partial charge in [0.05, 0.1) is 0 Å². The third-order valence-corrected chi connectivity index (χ3v) is 4.77. The van der Waals surface area contributed by atoms with Crippen LogP contribution in [0.5, 0.6) is 0 Å². The first-order valence-corrected chi connectivity index (χ1v) is 7.67. The molecule has 0 aromatic rings. The van der Waals surface area contributed by atoms with Gasteiger partial charge >= 0.3 is 0 Å². The lowest BCUT2D eigenvalue weighted by Crippen LogP contribution is -2.41. The molecule has 0 fully saturated rings. The van der Waals surface area contributed by atoms with Crippen LogP contribution >= 0.6 is 11.8 Å². The summed E-state index contributed by atoms with van der Waals surface area (Å²) in [5.74, 6) is 2.90. The topological polar surface area (TPSA) is 12.0 Å². The minimum Gasteiger partial charge on any atom is -0.311 e. The molecule has 0 aliphatic carbocycles. The van der Waals surface area contributed by atoms with Gasteiger partial charge in [-0.25, -0.2) is 0 Å². The van der Waals surface area contributed by atoms with Crippen molar-refractivity contribution >= 4 is 11.8 Å². The van der Waals surface area contributed by atoms with E-state index < -0.39 is 0 Å². The number of hydrogen-bond acceptors (Lipinski definition) is 2. The maximum absolute atomic E-state index is 3.62. The second-order valence-corrected chi connectivity index (χ2v) is 7.53. The minimum absolute atomic E-state index is 0.240. The molecule has 0 bridgehead atoms. The average Bonchev–Trinajstić information content (AvgIpc) is 2.14. The normalized spacial score (nSPS) is 16.5. The van der Waals surface area contributed by atoms with Crippen molar-refractivity contribution in [3.8, 4) is 0 Å².